The summed E-state index contributed by atoms with van der Waals surface area (Å²) in [6.45, 7) is 2.53. The molecule has 180 valence electrons. The summed E-state index contributed by atoms with van der Waals surface area (Å²) >= 11 is 6.25. The summed E-state index contributed by atoms with van der Waals surface area (Å²) < 4.78 is 16.1. The number of methoxy groups -OCH3 is 2. The van der Waals surface area contributed by atoms with Gasteiger partial charge in [0.1, 0.15) is 0 Å². The van der Waals surface area contributed by atoms with Crippen LogP contribution in [0.4, 0.5) is 0 Å². The van der Waals surface area contributed by atoms with Gasteiger partial charge in [0, 0.05) is 25.7 Å². The molecule has 0 aliphatic carbocycles. The zero-order valence-corrected chi connectivity index (χ0v) is 20.4. The molecule has 1 aliphatic heterocycles. The standard InChI is InChI=1S/C25H29ClN4O4/c1-29(14-17-10-11-21(32-2)22(13-17)33-3)25(31)18-7-6-12-30(15-18)16-23-27-24(28-34-23)19-8-4-5-9-20(19)26/h4-5,8-11,13,18H,6-7,12,14-16H2,1-3H3. The fourth-order valence-corrected chi connectivity index (χ4v) is 4.53. The Morgan fingerprint density at radius 2 is 2.00 bits per heavy atom. The van der Waals surface area contributed by atoms with Crippen LogP contribution in [-0.2, 0) is 17.9 Å². The third-order valence-corrected chi connectivity index (χ3v) is 6.37. The molecule has 4 rings (SSSR count). The highest BCUT2D eigenvalue weighted by atomic mass is 35.5. The minimum absolute atomic E-state index is 0.0788. The number of halogens is 1. The second-order valence-electron chi connectivity index (χ2n) is 8.45. The van der Waals surface area contributed by atoms with Crippen molar-refractivity contribution >= 4 is 17.5 Å². The number of hydrogen-bond donors (Lipinski definition) is 0. The maximum Gasteiger partial charge on any atom is 0.241 e. The number of rotatable bonds is 8. The number of likely N-dealkylation sites (tertiary alicyclic amines) is 1. The molecule has 1 unspecified atom stereocenters. The lowest BCUT2D eigenvalue weighted by Crippen LogP contribution is -2.43. The molecule has 2 heterocycles. The molecule has 1 saturated heterocycles. The number of carbonyl (C=O) groups excluding carboxylic acids is 1. The predicted octanol–water partition coefficient (Wildman–Crippen LogP) is 4.28. The zero-order chi connectivity index (χ0) is 24.1. The van der Waals surface area contributed by atoms with Crippen LogP contribution in [0.25, 0.3) is 11.4 Å². The fourth-order valence-electron chi connectivity index (χ4n) is 4.31. The Kier molecular flexibility index (Phi) is 7.70. The van der Waals surface area contributed by atoms with Crippen molar-refractivity contribution in [1.29, 1.82) is 0 Å². The number of aromatic nitrogens is 2. The second-order valence-corrected chi connectivity index (χ2v) is 8.86. The van der Waals surface area contributed by atoms with Gasteiger partial charge in [0.25, 0.3) is 0 Å². The van der Waals surface area contributed by atoms with Crippen molar-refractivity contribution in [1.82, 2.24) is 19.9 Å². The van der Waals surface area contributed by atoms with Crippen LogP contribution in [0, 0.1) is 5.92 Å². The zero-order valence-electron chi connectivity index (χ0n) is 19.7. The first-order chi connectivity index (χ1) is 16.5. The maximum atomic E-state index is 13.2. The Morgan fingerprint density at radius 3 is 2.76 bits per heavy atom. The summed E-state index contributed by atoms with van der Waals surface area (Å²) in [6, 6.07) is 13.1. The van der Waals surface area contributed by atoms with E-state index in [1.54, 1.807) is 25.2 Å². The lowest BCUT2D eigenvalue weighted by Gasteiger charge is -2.33. The molecule has 0 spiro atoms. The molecule has 1 aromatic heterocycles. The minimum atomic E-state index is -0.0788. The number of hydrogen-bond acceptors (Lipinski definition) is 7. The van der Waals surface area contributed by atoms with E-state index in [1.807, 2.05) is 43.4 Å². The molecule has 8 nitrogen and oxygen atoms in total. The molecule has 1 fully saturated rings. The van der Waals surface area contributed by atoms with Crippen LogP contribution in [0.15, 0.2) is 47.0 Å². The Hall–Kier alpha value is -3.10. The van der Waals surface area contributed by atoms with E-state index in [-0.39, 0.29) is 11.8 Å². The molecule has 34 heavy (non-hydrogen) atoms. The van der Waals surface area contributed by atoms with Crippen LogP contribution < -0.4 is 9.47 Å². The maximum absolute atomic E-state index is 13.2. The van der Waals surface area contributed by atoms with Crippen LogP contribution in [-0.4, -0.2) is 60.2 Å². The van der Waals surface area contributed by atoms with Gasteiger partial charge in [-0.2, -0.15) is 4.98 Å². The predicted molar refractivity (Wildman–Crippen MR) is 129 cm³/mol. The van der Waals surface area contributed by atoms with E-state index in [0.717, 1.165) is 30.5 Å². The summed E-state index contributed by atoms with van der Waals surface area (Å²) in [6.07, 6.45) is 1.80. The van der Waals surface area contributed by atoms with E-state index in [1.165, 1.54) is 0 Å². The molecule has 0 radical (unpaired) electrons. The van der Waals surface area contributed by atoms with Crippen molar-refractivity contribution < 1.29 is 18.8 Å². The summed E-state index contributed by atoms with van der Waals surface area (Å²) in [4.78, 5) is 21.7. The number of piperidine rings is 1. The molecule has 1 atom stereocenters. The third-order valence-electron chi connectivity index (χ3n) is 6.04. The largest absolute Gasteiger partial charge is 0.493 e. The molecule has 1 amide bonds. The lowest BCUT2D eigenvalue weighted by molar-refractivity contribution is -0.136. The molecule has 2 aromatic carbocycles. The van der Waals surface area contributed by atoms with Gasteiger partial charge in [-0.25, -0.2) is 0 Å². The number of ether oxygens (including phenoxy) is 2. The highest BCUT2D eigenvalue weighted by molar-refractivity contribution is 6.33. The van der Waals surface area contributed by atoms with Gasteiger partial charge < -0.3 is 18.9 Å². The van der Waals surface area contributed by atoms with Crippen molar-refractivity contribution in [3.05, 3.63) is 58.9 Å². The number of nitrogens with zero attached hydrogens (tertiary/aromatic N) is 4. The van der Waals surface area contributed by atoms with Crippen molar-refractivity contribution in [2.24, 2.45) is 5.92 Å². The first kappa shape index (κ1) is 24.0. The van der Waals surface area contributed by atoms with E-state index in [9.17, 15) is 4.79 Å². The molecular formula is C25H29ClN4O4. The minimum Gasteiger partial charge on any atom is -0.493 e. The first-order valence-corrected chi connectivity index (χ1v) is 11.6. The van der Waals surface area contributed by atoms with E-state index in [0.29, 0.717) is 47.9 Å². The average molecular weight is 485 g/mol. The molecule has 0 N–H and O–H groups in total. The third kappa shape index (κ3) is 5.51. The van der Waals surface area contributed by atoms with Crippen LogP contribution in [0.1, 0.15) is 24.3 Å². The SMILES string of the molecule is COc1ccc(CN(C)C(=O)C2CCCN(Cc3nc(-c4ccccc4Cl)no3)C2)cc1OC. The highest BCUT2D eigenvalue weighted by Crippen LogP contribution is 2.29. The number of benzene rings is 2. The van der Waals surface area contributed by atoms with E-state index in [4.69, 9.17) is 25.6 Å². The van der Waals surface area contributed by atoms with Crippen LogP contribution in [0.2, 0.25) is 5.02 Å². The fraction of sp³-hybridized carbons (Fsp3) is 0.400. The topological polar surface area (TPSA) is 80.9 Å². The highest BCUT2D eigenvalue weighted by Gasteiger charge is 2.29. The molecule has 0 bridgehead atoms. The van der Waals surface area contributed by atoms with Crippen molar-refractivity contribution in [2.45, 2.75) is 25.9 Å². The van der Waals surface area contributed by atoms with E-state index in [2.05, 4.69) is 15.0 Å². The number of amides is 1. The van der Waals surface area contributed by atoms with Crippen molar-refractivity contribution in [3.8, 4) is 22.9 Å². The summed E-state index contributed by atoms with van der Waals surface area (Å²) in [5.41, 5.74) is 1.72. The van der Waals surface area contributed by atoms with Gasteiger partial charge in [-0.1, -0.05) is 35.0 Å². The monoisotopic (exact) mass is 484 g/mol. The first-order valence-electron chi connectivity index (χ1n) is 11.2. The molecule has 1 aliphatic rings. The molecule has 9 heteroatoms. The van der Waals surface area contributed by atoms with Gasteiger partial charge in [0.15, 0.2) is 11.5 Å². The van der Waals surface area contributed by atoms with Gasteiger partial charge in [0.2, 0.25) is 17.6 Å². The second kappa shape index (κ2) is 10.9. The Balaban J connectivity index is 1.36. The van der Waals surface area contributed by atoms with E-state index >= 15 is 0 Å². The lowest BCUT2D eigenvalue weighted by atomic mass is 9.96. The van der Waals surface area contributed by atoms with Crippen LogP contribution in [0.5, 0.6) is 11.5 Å². The van der Waals surface area contributed by atoms with Gasteiger partial charge in [0.05, 0.1) is 31.7 Å². The Labute approximate surface area is 204 Å². The quantitative estimate of drug-likeness (QED) is 0.472. The van der Waals surface area contributed by atoms with Gasteiger partial charge >= 0.3 is 0 Å². The number of carbonyl (C=O) groups is 1. The summed E-state index contributed by atoms with van der Waals surface area (Å²) in [5, 5.41) is 4.66. The summed E-state index contributed by atoms with van der Waals surface area (Å²) in [7, 11) is 5.05. The van der Waals surface area contributed by atoms with Crippen molar-refractivity contribution in [3.63, 3.8) is 0 Å². The summed E-state index contributed by atoms with van der Waals surface area (Å²) in [5.74, 6) is 2.36. The molecule has 3 aromatic rings. The van der Waals surface area contributed by atoms with Gasteiger partial charge in [-0.05, 0) is 49.2 Å². The Morgan fingerprint density at radius 1 is 1.21 bits per heavy atom. The smallest absolute Gasteiger partial charge is 0.241 e. The van der Waals surface area contributed by atoms with Crippen molar-refractivity contribution in [2.75, 3.05) is 34.4 Å². The van der Waals surface area contributed by atoms with Crippen LogP contribution >= 0.6 is 11.6 Å². The van der Waals surface area contributed by atoms with E-state index < -0.39 is 0 Å². The Bertz CT molecular complexity index is 1140. The molecule has 0 saturated carbocycles. The van der Waals surface area contributed by atoms with Crippen LogP contribution in [0.3, 0.4) is 0 Å². The van der Waals surface area contributed by atoms with Gasteiger partial charge in [-0.15, -0.1) is 0 Å². The van der Waals surface area contributed by atoms with Gasteiger partial charge in [-0.3, -0.25) is 9.69 Å². The average Bonchev–Trinajstić information content (AvgIpc) is 3.32. The molecular weight excluding hydrogens is 456 g/mol. The normalized spacial score (nSPS) is 16.3.